The van der Waals surface area contributed by atoms with E-state index in [1.807, 2.05) is 4.90 Å². The lowest BCUT2D eigenvalue weighted by Crippen LogP contribution is -2.48. The highest BCUT2D eigenvalue weighted by Crippen LogP contribution is 2.29. The Kier molecular flexibility index (Phi) is 4.45. The van der Waals surface area contributed by atoms with Crippen LogP contribution in [0.1, 0.15) is 26.2 Å². The fourth-order valence-electron chi connectivity index (χ4n) is 3.53. The normalized spacial score (nSPS) is 24.0. The molecule has 3 aliphatic rings. The minimum Gasteiger partial charge on any atom is -0.338 e. The Hall–Kier alpha value is -2.18. The maximum Gasteiger partial charge on any atom is 0.347 e. The summed E-state index contributed by atoms with van der Waals surface area (Å²) in [5.41, 5.74) is -0.428. The number of hydrogen-bond acceptors (Lipinski definition) is 4. The van der Waals surface area contributed by atoms with Crippen LogP contribution in [-0.2, 0) is 16.1 Å². The Labute approximate surface area is 134 Å². The van der Waals surface area contributed by atoms with E-state index >= 15 is 0 Å². The number of fused-ring (bicyclic) bond motifs is 4. The third kappa shape index (κ3) is 3.13. The van der Waals surface area contributed by atoms with Crippen LogP contribution in [0.5, 0.6) is 0 Å². The zero-order valence-corrected chi connectivity index (χ0v) is 13.4. The first-order valence-electron chi connectivity index (χ1n) is 8.20. The third-order valence-electron chi connectivity index (χ3n) is 4.70. The van der Waals surface area contributed by atoms with Gasteiger partial charge in [-0.25, -0.2) is 9.78 Å². The molecule has 0 aliphatic carbocycles. The molecule has 4 rings (SSSR count). The Morgan fingerprint density at radius 1 is 1.30 bits per heavy atom. The first-order valence-corrected chi connectivity index (χ1v) is 8.20. The molecule has 124 valence electrons. The molecule has 2 atom stereocenters. The second-order valence-corrected chi connectivity index (χ2v) is 6.29. The second kappa shape index (κ2) is 6.52. The molecule has 3 saturated heterocycles. The molecule has 0 N–H and O–H groups in total. The lowest BCUT2D eigenvalue weighted by Gasteiger charge is -2.35. The van der Waals surface area contributed by atoms with Crippen LogP contribution in [0.4, 0.5) is 0 Å². The number of aromatic nitrogens is 2. The predicted octanol–water partition coefficient (Wildman–Crippen LogP) is 0.103. The van der Waals surface area contributed by atoms with Crippen molar-refractivity contribution < 1.29 is 9.59 Å². The summed E-state index contributed by atoms with van der Waals surface area (Å²) in [6, 6.07) is 1.74. The van der Waals surface area contributed by atoms with Gasteiger partial charge in [0.05, 0.1) is 5.92 Å². The maximum atomic E-state index is 12.6. The molecule has 0 radical (unpaired) electrons. The Morgan fingerprint density at radius 2 is 2.13 bits per heavy atom. The summed E-state index contributed by atoms with van der Waals surface area (Å²) in [6.07, 6.45) is 5.70. The summed E-state index contributed by atoms with van der Waals surface area (Å²) in [6.45, 7) is 3.82. The molecule has 0 unspecified atom stereocenters. The quantitative estimate of drug-likeness (QED) is 0.789. The summed E-state index contributed by atoms with van der Waals surface area (Å²) in [7, 11) is 0. The summed E-state index contributed by atoms with van der Waals surface area (Å²) >= 11 is 0. The van der Waals surface area contributed by atoms with Crippen molar-refractivity contribution in [1.82, 2.24) is 19.4 Å². The average Bonchev–Trinajstić information content (AvgIpc) is 2.83. The zero-order valence-electron chi connectivity index (χ0n) is 13.4. The second-order valence-electron chi connectivity index (χ2n) is 6.29. The van der Waals surface area contributed by atoms with Gasteiger partial charge in [-0.2, -0.15) is 0 Å². The van der Waals surface area contributed by atoms with Crippen molar-refractivity contribution >= 4 is 11.8 Å². The molecule has 2 amide bonds. The zero-order chi connectivity index (χ0) is 16.4. The number of hydrogen-bond donors (Lipinski definition) is 0. The van der Waals surface area contributed by atoms with E-state index in [0.29, 0.717) is 13.1 Å². The van der Waals surface area contributed by atoms with Gasteiger partial charge in [0.15, 0.2) is 0 Å². The Bertz CT molecular complexity index is 657. The molecule has 0 aromatic carbocycles. The minimum atomic E-state index is -0.428. The molecule has 23 heavy (non-hydrogen) atoms. The maximum absolute atomic E-state index is 12.6. The van der Waals surface area contributed by atoms with Crippen molar-refractivity contribution in [3.8, 4) is 0 Å². The van der Waals surface area contributed by atoms with Crippen LogP contribution in [0.15, 0.2) is 23.3 Å². The number of carbonyl (C=O) groups excluding carboxylic acids is 2. The van der Waals surface area contributed by atoms with E-state index in [2.05, 4.69) is 11.9 Å². The molecule has 1 aromatic heterocycles. The van der Waals surface area contributed by atoms with E-state index < -0.39 is 5.69 Å². The minimum absolute atomic E-state index is 0.0198. The van der Waals surface area contributed by atoms with Crippen molar-refractivity contribution in [3.63, 3.8) is 0 Å². The first kappa shape index (κ1) is 15.7. The fourth-order valence-corrected chi connectivity index (χ4v) is 3.53. The van der Waals surface area contributed by atoms with Crippen LogP contribution < -0.4 is 5.69 Å². The molecule has 7 nitrogen and oxygen atoms in total. The van der Waals surface area contributed by atoms with Crippen LogP contribution in [0.3, 0.4) is 0 Å². The van der Waals surface area contributed by atoms with Crippen LogP contribution in [0.2, 0.25) is 0 Å². The van der Waals surface area contributed by atoms with Crippen molar-refractivity contribution in [2.45, 2.75) is 38.8 Å². The molecular formula is C16H22N4O3. The molecule has 3 aliphatic heterocycles. The molecular weight excluding hydrogens is 296 g/mol. The van der Waals surface area contributed by atoms with Crippen molar-refractivity contribution in [3.05, 3.63) is 28.9 Å². The van der Waals surface area contributed by atoms with E-state index in [0.717, 1.165) is 25.8 Å². The summed E-state index contributed by atoms with van der Waals surface area (Å²) in [5, 5.41) is 0. The van der Waals surface area contributed by atoms with Crippen LogP contribution in [-0.4, -0.2) is 56.8 Å². The van der Waals surface area contributed by atoms with E-state index in [1.165, 1.54) is 10.8 Å². The van der Waals surface area contributed by atoms with Crippen molar-refractivity contribution in [1.29, 1.82) is 0 Å². The lowest BCUT2D eigenvalue weighted by molar-refractivity contribution is -0.139. The average molecular weight is 318 g/mol. The SMILES string of the molecule is CCCN1C(=O)[C@H]2CC[C@@H]1CN(C(=O)Cn1cccnc1=O)C2. The largest absolute Gasteiger partial charge is 0.347 e. The predicted molar refractivity (Wildman–Crippen MR) is 83.6 cm³/mol. The third-order valence-corrected chi connectivity index (χ3v) is 4.70. The van der Waals surface area contributed by atoms with Crippen molar-refractivity contribution in [2.24, 2.45) is 5.92 Å². The smallest absolute Gasteiger partial charge is 0.338 e. The van der Waals surface area contributed by atoms with Crippen LogP contribution in [0.25, 0.3) is 0 Å². The van der Waals surface area contributed by atoms with E-state index in [1.54, 1.807) is 17.2 Å². The van der Waals surface area contributed by atoms with Gasteiger partial charge in [0.1, 0.15) is 6.54 Å². The van der Waals surface area contributed by atoms with Gasteiger partial charge >= 0.3 is 5.69 Å². The molecule has 1 aromatic rings. The van der Waals surface area contributed by atoms with E-state index in [4.69, 9.17) is 0 Å². The molecule has 0 spiro atoms. The fraction of sp³-hybridized carbons (Fsp3) is 0.625. The number of carbonyl (C=O) groups is 2. The summed E-state index contributed by atoms with van der Waals surface area (Å²) in [4.78, 5) is 44.1. The lowest BCUT2D eigenvalue weighted by atomic mass is 9.94. The van der Waals surface area contributed by atoms with Gasteiger partial charge in [0.25, 0.3) is 0 Å². The Morgan fingerprint density at radius 3 is 2.87 bits per heavy atom. The van der Waals surface area contributed by atoms with Gasteiger partial charge in [-0.05, 0) is 25.3 Å². The molecule has 4 heterocycles. The topological polar surface area (TPSA) is 75.5 Å². The van der Waals surface area contributed by atoms with Crippen LogP contribution >= 0.6 is 0 Å². The van der Waals surface area contributed by atoms with E-state index in [9.17, 15) is 14.4 Å². The first-order chi connectivity index (χ1) is 11.1. The number of nitrogens with zero attached hydrogens (tertiary/aromatic N) is 4. The molecule has 2 bridgehead atoms. The van der Waals surface area contributed by atoms with Gasteiger partial charge in [0, 0.05) is 38.1 Å². The van der Waals surface area contributed by atoms with Gasteiger partial charge in [-0.15, -0.1) is 0 Å². The summed E-state index contributed by atoms with van der Waals surface area (Å²) in [5.74, 6) is -0.0463. The molecule has 0 saturated carbocycles. The molecule has 3 fully saturated rings. The van der Waals surface area contributed by atoms with Gasteiger partial charge in [-0.1, -0.05) is 6.92 Å². The number of rotatable bonds is 4. The highest BCUT2D eigenvalue weighted by atomic mass is 16.2. The monoisotopic (exact) mass is 318 g/mol. The van der Waals surface area contributed by atoms with Gasteiger partial charge < -0.3 is 9.80 Å². The van der Waals surface area contributed by atoms with Gasteiger partial charge in [0.2, 0.25) is 11.8 Å². The molecule has 7 heteroatoms. The summed E-state index contributed by atoms with van der Waals surface area (Å²) < 4.78 is 1.31. The standard InChI is InChI=1S/C16H22N4O3/c1-2-7-20-13-5-4-12(15(20)22)9-19(10-13)14(21)11-18-8-3-6-17-16(18)23/h3,6,8,12-13H,2,4-5,7,9-11H2,1H3/t12-,13+/m0/s1. The highest BCUT2D eigenvalue weighted by Gasteiger charge is 2.41. The highest BCUT2D eigenvalue weighted by molar-refractivity contribution is 5.83. The van der Waals surface area contributed by atoms with Crippen molar-refractivity contribution in [2.75, 3.05) is 19.6 Å². The number of amides is 2. The van der Waals surface area contributed by atoms with Gasteiger partial charge in [-0.3, -0.25) is 14.2 Å². The van der Waals surface area contributed by atoms with Crippen LogP contribution in [0, 0.1) is 5.92 Å². The van der Waals surface area contributed by atoms with E-state index in [-0.39, 0.29) is 30.3 Å². The number of piperidine rings is 1. The Balaban J connectivity index is 1.74.